The summed E-state index contributed by atoms with van der Waals surface area (Å²) in [5, 5.41) is 3.78. The van der Waals surface area contributed by atoms with Crippen LogP contribution < -0.4 is 16.2 Å². The first-order valence-electron chi connectivity index (χ1n) is 8.76. The molecule has 1 saturated heterocycles. The number of ether oxygens (including phenoxy) is 1. The molecule has 23 heavy (non-hydrogen) atoms. The van der Waals surface area contributed by atoms with E-state index in [9.17, 15) is 4.79 Å². The predicted molar refractivity (Wildman–Crippen MR) is 95.0 cm³/mol. The average Bonchev–Trinajstić information content (AvgIpc) is 2.51. The van der Waals surface area contributed by atoms with Gasteiger partial charge in [-0.25, -0.2) is 0 Å². The summed E-state index contributed by atoms with van der Waals surface area (Å²) < 4.78 is 5.69. The van der Waals surface area contributed by atoms with Crippen LogP contribution in [0.1, 0.15) is 52.4 Å². The fraction of sp³-hybridized carbons (Fsp3) is 0.875. The molecule has 2 aliphatic rings. The Morgan fingerprint density at radius 1 is 1.13 bits per heavy atom. The second kappa shape index (κ2) is 9.39. The van der Waals surface area contributed by atoms with Gasteiger partial charge in [-0.2, -0.15) is 0 Å². The fourth-order valence-electron chi connectivity index (χ4n) is 3.38. The zero-order valence-corrected chi connectivity index (χ0v) is 15.1. The number of nitrogens with one attached hydrogen (secondary N) is 3. The van der Waals surface area contributed by atoms with Crippen molar-refractivity contribution in [2.24, 2.45) is 0 Å². The smallest absolute Gasteiger partial charge is 0.239 e. The first-order chi connectivity index (χ1) is 11.0. The van der Waals surface area contributed by atoms with Crippen LogP contribution in [0.25, 0.3) is 0 Å². The maximum atomic E-state index is 11.9. The molecular formula is C16H30N4O2S. The van der Waals surface area contributed by atoms with E-state index >= 15 is 0 Å². The van der Waals surface area contributed by atoms with Gasteiger partial charge < -0.3 is 10.1 Å². The number of hydrazine groups is 1. The molecule has 2 fully saturated rings. The molecule has 0 aromatic heterocycles. The van der Waals surface area contributed by atoms with Crippen LogP contribution >= 0.6 is 12.2 Å². The van der Waals surface area contributed by atoms with E-state index in [0.717, 1.165) is 32.5 Å². The number of nitrogens with zero attached hydrogens (tertiary/aromatic N) is 1. The van der Waals surface area contributed by atoms with Crippen LogP contribution in [-0.4, -0.2) is 53.8 Å². The maximum Gasteiger partial charge on any atom is 0.239 e. The van der Waals surface area contributed by atoms with Crippen molar-refractivity contribution in [1.29, 1.82) is 0 Å². The van der Waals surface area contributed by atoms with E-state index in [-0.39, 0.29) is 18.1 Å². The summed E-state index contributed by atoms with van der Waals surface area (Å²) in [5.41, 5.74) is 5.50. The quantitative estimate of drug-likeness (QED) is 0.529. The van der Waals surface area contributed by atoms with E-state index < -0.39 is 0 Å². The number of amides is 1. The molecule has 0 unspecified atom stereocenters. The van der Waals surface area contributed by atoms with Gasteiger partial charge in [-0.3, -0.25) is 20.5 Å². The highest BCUT2D eigenvalue weighted by Gasteiger charge is 2.22. The third-order valence-electron chi connectivity index (χ3n) is 4.41. The van der Waals surface area contributed by atoms with Crippen molar-refractivity contribution in [2.75, 3.05) is 19.6 Å². The zero-order valence-electron chi connectivity index (χ0n) is 14.3. The molecule has 7 heteroatoms. The highest BCUT2D eigenvalue weighted by Crippen LogP contribution is 2.17. The number of hydrogen-bond donors (Lipinski definition) is 3. The minimum atomic E-state index is -0.0374. The van der Waals surface area contributed by atoms with Gasteiger partial charge in [-0.15, -0.1) is 0 Å². The molecule has 0 bridgehead atoms. The lowest BCUT2D eigenvalue weighted by atomic mass is 9.96. The Labute approximate surface area is 144 Å². The molecular weight excluding hydrogens is 312 g/mol. The first-order valence-corrected chi connectivity index (χ1v) is 9.17. The van der Waals surface area contributed by atoms with Gasteiger partial charge in [0.15, 0.2) is 5.11 Å². The van der Waals surface area contributed by atoms with Crippen LogP contribution in [0, 0.1) is 0 Å². The normalized spacial score (nSPS) is 26.5. The molecule has 0 spiro atoms. The van der Waals surface area contributed by atoms with Gasteiger partial charge in [0, 0.05) is 32.1 Å². The number of thiocarbonyl (C=S) groups is 1. The Morgan fingerprint density at radius 2 is 1.78 bits per heavy atom. The van der Waals surface area contributed by atoms with E-state index in [0.29, 0.717) is 17.6 Å². The lowest BCUT2D eigenvalue weighted by Gasteiger charge is -2.35. The van der Waals surface area contributed by atoms with Gasteiger partial charge in [-0.1, -0.05) is 19.3 Å². The summed E-state index contributed by atoms with van der Waals surface area (Å²) in [4.78, 5) is 14.2. The van der Waals surface area contributed by atoms with Crippen LogP contribution in [0.5, 0.6) is 0 Å². The Balaban J connectivity index is 1.58. The van der Waals surface area contributed by atoms with E-state index in [1.165, 1.54) is 19.3 Å². The van der Waals surface area contributed by atoms with Crippen molar-refractivity contribution in [1.82, 2.24) is 21.1 Å². The Morgan fingerprint density at radius 3 is 2.43 bits per heavy atom. The van der Waals surface area contributed by atoms with Gasteiger partial charge in [0.2, 0.25) is 5.91 Å². The minimum Gasteiger partial charge on any atom is -0.373 e. The number of rotatable bonds is 4. The van der Waals surface area contributed by atoms with Crippen molar-refractivity contribution in [3.05, 3.63) is 0 Å². The molecule has 0 aromatic carbocycles. The standard InChI is InChI=1S/C16H30N4O2S/c1-12-10-20(11-13(2)22-12)9-8-15(21)18-19-16(23)17-14-6-4-3-5-7-14/h12-14H,3-11H2,1-2H3,(H,18,21)(H2,17,19,23)/t12-,13-/m0/s1. The third-order valence-corrected chi connectivity index (χ3v) is 4.63. The summed E-state index contributed by atoms with van der Waals surface area (Å²) in [7, 11) is 0. The molecule has 3 N–H and O–H groups in total. The molecule has 0 aromatic rings. The summed E-state index contributed by atoms with van der Waals surface area (Å²) in [6.45, 7) is 6.65. The number of morpholine rings is 1. The summed E-state index contributed by atoms with van der Waals surface area (Å²) in [6.07, 6.45) is 7.05. The number of hydrogen-bond acceptors (Lipinski definition) is 4. The maximum absolute atomic E-state index is 11.9. The monoisotopic (exact) mass is 342 g/mol. The summed E-state index contributed by atoms with van der Waals surface area (Å²) in [5.74, 6) is -0.0374. The van der Waals surface area contributed by atoms with Crippen molar-refractivity contribution >= 4 is 23.2 Å². The third kappa shape index (κ3) is 7.01. The molecule has 2 atom stereocenters. The average molecular weight is 343 g/mol. The van der Waals surface area contributed by atoms with Crippen LogP contribution in [0.2, 0.25) is 0 Å². The Hall–Kier alpha value is -0.920. The van der Waals surface area contributed by atoms with Gasteiger partial charge in [0.25, 0.3) is 0 Å². The lowest BCUT2D eigenvalue weighted by molar-refractivity contribution is -0.123. The molecule has 1 aliphatic heterocycles. The van der Waals surface area contributed by atoms with Crippen molar-refractivity contribution < 1.29 is 9.53 Å². The molecule has 1 amide bonds. The second-order valence-electron chi connectivity index (χ2n) is 6.75. The van der Waals surface area contributed by atoms with Crippen LogP contribution in [0.4, 0.5) is 0 Å². The van der Waals surface area contributed by atoms with Crippen LogP contribution in [0.15, 0.2) is 0 Å². The molecule has 6 nitrogen and oxygen atoms in total. The van der Waals surface area contributed by atoms with Gasteiger partial charge in [0.1, 0.15) is 0 Å². The van der Waals surface area contributed by atoms with Gasteiger partial charge in [0.05, 0.1) is 12.2 Å². The van der Waals surface area contributed by atoms with E-state index in [1.807, 2.05) is 0 Å². The molecule has 2 rings (SSSR count). The van der Waals surface area contributed by atoms with Crippen LogP contribution in [0.3, 0.4) is 0 Å². The largest absolute Gasteiger partial charge is 0.373 e. The van der Waals surface area contributed by atoms with E-state index in [1.54, 1.807) is 0 Å². The number of carbonyl (C=O) groups excluding carboxylic acids is 1. The van der Waals surface area contributed by atoms with E-state index in [4.69, 9.17) is 17.0 Å². The van der Waals surface area contributed by atoms with Gasteiger partial charge >= 0.3 is 0 Å². The predicted octanol–water partition coefficient (Wildman–Crippen LogP) is 1.31. The Kier molecular flexibility index (Phi) is 7.52. The Bertz CT molecular complexity index is 392. The van der Waals surface area contributed by atoms with Crippen molar-refractivity contribution in [3.63, 3.8) is 0 Å². The molecule has 1 aliphatic carbocycles. The summed E-state index contributed by atoms with van der Waals surface area (Å²) in [6, 6.07) is 0.442. The molecule has 1 saturated carbocycles. The van der Waals surface area contributed by atoms with Gasteiger partial charge in [-0.05, 0) is 38.9 Å². The summed E-state index contributed by atoms with van der Waals surface area (Å²) >= 11 is 5.23. The number of carbonyl (C=O) groups is 1. The highest BCUT2D eigenvalue weighted by molar-refractivity contribution is 7.80. The molecule has 0 radical (unpaired) electrons. The lowest BCUT2D eigenvalue weighted by Crippen LogP contribution is -2.51. The minimum absolute atomic E-state index is 0.0374. The molecule has 132 valence electrons. The van der Waals surface area contributed by atoms with E-state index in [2.05, 4.69) is 34.9 Å². The van der Waals surface area contributed by atoms with Crippen molar-refractivity contribution in [3.8, 4) is 0 Å². The second-order valence-corrected chi connectivity index (χ2v) is 7.16. The topological polar surface area (TPSA) is 65.6 Å². The SMILES string of the molecule is C[C@H]1CN(CCC(=O)NNC(=S)NC2CCCCC2)C[C@H](C)O1. The molecule has 1 heterocycles. The highest BCUT2D eigenvalue weighted by atomic mass is 32.1. The van der Waals surface area contributed by atoms with Crippen molar-refractivity contribution in [2.45, 2.75) is 70.6 Å². The van der Waals surface area contributed by atoms with Crippen LogP contribution in [-0.2, 0) is 9.53 Å². The fourth-order valence-corrected chi connectivity index (χ4v) is 3.60. The first kappa shape index (κ1) is 18.4. The zero-order chi connectivity index (χ0) is 16.7.